The maximum absolute atomic E-state index is 12.7. The van der Waals surface area contributed by atoms with E-state index in [0.717, 1.165) is 29.7 Å². The van der Waals surface area contributed by atoms with Crippen LogP contribution in [0.4, 0.5) is 10.7 Å². The largest absolute Gasteiger partial charge is 0.365 e. The van der Waals surface area contributed by atoms with Crippen molar-refractivity contribution in [1.82, 2.24) is 0 Å². The third kappa shape index (κ3) is 3.20. The second-order valence-electron chi connectivity index (χ2n) is 6.58. The number of amides is 2. The molecule has 1 aliphatic carbocycles. The summed E-state index contributed by atoms with van der Waals surface area (Å²) in [5.74, 6) is -0.534. The van der Waals surface area contributed by atoms with Crippen LogP contribution in [0.2, 0.25) is 0 Å². The van der Waals surface area contributed by atoms with E-state index in [2.05, 4.69) is 12.2 Å². The first kappa shape index (κ1) is 18.1. The number of hydrogen-bond acceptors (Lipinski definition) is 5. The summed E-state index contributed by atoms with van der Waals surface area (Å²) in [6.07, 6.45) is 2.59. The van der Waals surface area contributed by atoms with Gasteiger partial charge in [0.15, 0.2) is 0 Å². The highest BCUT2D eigenvalue weighted by atomic mass is 32.1. The molecule has 136 valence electrons. The SMILES string of the molecule is Cc1c(C(=O)Nc2sc3c(c2C(N)=O)CC[C@H](C)C3)cccc1[N+](=O)[O-]. The van der Waals surface area contributed by atoms with E-state index in [-0.39, 0.29) is 16.8 Å². The normalized spacial score (nSPS) is 16.0. The van der Waals surface area contributed by atoms with Crippen LogP contribution >= 0.6 is 11.3 Å². The summed E-state index contributed by atoms with van der Waals surface area (Å²) in [5, 5.41) is 14.2. The van der Waals surface area contributed by atoms with Gasteiger partial charge in [-0.25, -0.2) is 0 Å². The van der Waals surface area contributed by atoms with Crippen LogP contribution in [0, 0.1) is 23.0 Å². The number of nitro benzene ring substituents is 1. The molecule has 7 nitrogen and oxygen atoms in total. The fraction of sp³-hybridized carbons (Fsp3) is 0.333. The lowest BCUT2D eigenvalue weighted by molar-refractivity contribution is -0.385. The Hall–Kier alpha value is -2.74. The van der Waals surface area contributed by atoms with Gasteiger partial charge in [-0.05, 0) is 43.7 Å². The molecule has 0 spiro atoms. The van der Waals surface area contributed by atoms with Crippen molar-refractivity contribution in [3.05, 3.63) is 55.4 Å². The number of primary amides is 1. The predicted molar refractivity (Wildman–Crippen MR) is 99.8 cm³/mol. The number of nitrogens with one attached hydrogen (secondary N) is 1. The molecule has 0 radical (unpaired) electrons. The van der Waals surface area contributed by atoms with Gasteiger partial charge in [0.25, 0.3) is 17.5 Å². The fourth-order valence-corrected chi connectivity index (χ4v) is 4.75. The summed E-state index contributed by atoms with van der Waals surface area (Å²) < 4.78 is 0. The molecular weight excluding hydrogens is 354 g/mol. The molecule has 26 heavy (non-hydrogen) atoms. The number of rotatable bonds is 4. The minimum Gasteiger partial charge on any atom is -0.365 e. The van der Waals surface area contributed by atoms with E-state index in [9.17, 15) is 19.7 Å². The zero-order chi connectivity index (χ0) is 19.0. The minimum atomic E-state index is -0.567. The van der Waals surface area contributed by atoms with Crippen molar-refractivity contribution in [2.45, 2.75) is 33.1 Å². The van der Waals surface area contributed by atoms with Gasteiger partial charge in [0.2, 0.25) is 0 Å². The molecule has 1 aromatic carbocycles. The third-order valence-electron chi connectivity index (χ3n) is 4.73. The number of nitrogens with two attached hydrogens (primary N) is 1. The molecule has 0 saturated heterocycles. The Bertz CT molecular complexity index is 919. The lowest BCUT2D eigenvalue weighted by atomic mass is 9.88. The van der Waals surface area contributed by atoms with E-state index < -0.39 is 16.7 Å². The number of anilines is 1. The Morgan fingerprint density at radius 2 is 2.12 bits per heavy atom. The quantitative estimate of drug-likeness (QED) is 0.631. The van der Waals surface area contributed by atoms with E-state index in [1.165, 1.54) is 36.5 Å². The standard InChI is InChI=1S/C18H19N3O4S/c1-9-6-7-12-14(8-9)26-18(15(12)16(19)22)20-17(23)11-4-3-5-13(10(11)2)21(24)25/h3-5,9H,6-8H2,1-2H3,(H2,19,22)(H,20,23)/t9-/m0/s1. The molecule has 0 bridgehead atoms. The summed E-state index contributed by atoms with van der Waals surface area (Å²) in [4.78, 5) is 36.3. The molecule has 2 amide bonds. The van der Waals surface area contributed by atoms with Crippen LogP contribution in [0.25, 0.3) is 0 Å². The van der Waals surface area contributed by atoms with Crippen LogP contribution in [-0.4, -0.2) is 16.7 Å². The summed E-state index contributed by atoms with van der Waals surface area (Å²) in [5.41, 5.74) is 7.21. The zero-order valence-electron chi connectivity index (χ0n) is 14.5. The lowest BCUT2D eigenvalue weighted by Gasteiger charge is -2.18. The van der Waals surface area contributed by atoms with Crippen molar-refractivity contribution < 1.29 is 14.5 Å². The van der Waals surface area contributed by atoms with Crippen LogP contribution in [0.1, 0.15) is 50.1 Å². The predicted octanol–water partition coefficient (Wildman–Crippen LogP) is 3.44. The van der Waals surface area contributed by atoms with E-state index in [4.69, 9.17) is 5.73 Å². The topological polar surface area (TPSA) is 115 Å². The highest BCUT2D eigenvalue weighted by Gasteiger charge is 2.28. The Kier molecular flexibility index (Phi) is 4.78. The second kappa shape index (κ2) is 6.87. The van der Waals surface area contributed by atoms with Crippen molar-refractivity contribution in [3.63, 3.8) is 0 Å². The van der Waals surface area contributed by atoms with Gasteiger partial charge in [-0.15, -0.1) is 11.3 Å². The van der Waals surface area contributed by atoms with E-state index in [1.54, 1.807) is 0 Å². The first-order valence-electron chi connectivity index (χ1n) is 8.29. The second-order valence-corrected chi connectivity index (χ2v) is 7.69. The Morgan fingerprint density at radius 3 is 2.77 bits per heavy atom. The monoisotopic (exact) mass is 373 g/mol. The van der Waals surface area contributed by atoms with Crippen molar-refractivity contribution in [1.29, 1.82) is 0 Å². The van der Waals surface area contributed by atoms with E-state index >= 15 is 0 Å². The number of nitro groups is 1. The Morgan fingerprint density at radius 1 is 1.38 bits per heavy atom. The van der Waals surface area contributed by atoms with Crippen LogP contribution in [0.3, 0.4) is 0 Å². The maximum atomic E-state index is 12.7. The molecule has 1 aliphatic rings. The van der Waals surface area contributed by atoms with Gasteiger partial charge < -0.3 is 11.1 Å². The molecule has 1 heterocycles. The first-order valence-corrected chi connectivity index (χ1v) is 9.11. The minimum absolute atomic E-state index is 0.118. The molecule has 2 aromatic rings. The summed E-state index contributed by atoms with van der Waals surface area (Å²) in [6, 6.07) is 4.35. The Labute approximate surface area is 154 Å². The lowest BCUT2D eigenvalue weighted by Crippen LogP contribution is -2.20. The molecule has 0 fully saturated rings. The van der Waals surface area contributed by atoms with Gasteiger partial charge in [-0.1, -0.05) is 13.0 Å². The van der Waals surface area contributed by atoms with Crippen molar-refractivity contribution in [3.8, 4) is 0 Å². The van der Waals surface area contributed by atoms with Crippen LogP contribution < -0.4 is 11.1 Å². The van der Waals surface area contributed by atoms with Crippen LogP contribution in [0.15, 0.2) is 18.2 Å². The maximum Gasteiger partial charge on any atom is 0.273 e. The van der Waals surface area contributed by atoms with E-state index in [0.29, 0.717) is 16.5 Å². The van der Waals surface area contributed by atoms with Crippen LogP contribution in [0.5, 0.6) is 0 Å². The van der Waals surface area contributed by atoms with Crippen LogP contribution in [-0.2, 0) is 12.8 Å². The van der Waals surface area contributed by atoms with Crippen molar-refractivity contribution in [2.75, 3.05) is 5.32 Å². The summed E-state index contributed by atoms with van der Waals surface area (Å²) in [7, 11) is 0. The Balaban J connectivity index is 1.97. The number of nitrogens with zero attached hydrogens (tertiary/aromatic N) is 1. The zero-order valence-corrected chi connectivity index (χ0v) is 15.3. The molecule has 8 heteroatoms. The van der Waals surface area contributed by atoms with Gasteiger partial charge in [0.05, 0.1) is 10.5 Å². The number of carbonyl (C=O) groups is 2. The number of carbonyl (C=O) groups excluding carboxylic acids is 2. The fourth-order valence-electron chi connectivity index (χ4n) is 3.34. The molecular formula is C18H19N3O4S. The molecule has 0 saturated carbocycles. The molecule has 1 atom stereocenters. The highest BCUT2D eigenvalue weighted by Crippen LogP contribution is 2.39. The smallest absolute Gasteiger partial charge is 0.273 e. The van der Waals surface area contributed by atoms with Gasteiger partial charge in [-0.3, -0.25) is 19.7 Å². The number of fused-ring (bicyclic) bond motifs is 1. The number of thiophene rings is 1. The van der Waals surface area contributed by atoms with Gasteiger partial charge in [-0.2, -0.15) is 0 Å². The summed E-state index contributed by atoms with van der Waals surface area (Å²) >= 11 is 1.37. The first-order chi connectivity index (χ1) is 12.3. The molecule has 0 aliphatic heterocycles. The summed E-state index contributed by atoms with van der Waals surface area (Å²) in [6.45, 7) is 3.68. The average molecular weight is 373 g/mol. The van der Waals surface area contributed by atoms with Gasteiger partial charge in [0, 0.05) is 22.1 Å². The van der Waals surface area contributed by atoms with Crippen molar-refractivity contribution >= 4 is 33.8 Å². The molecule has 1 aromatic heterocycles. The number of hydrogen-bond donors (Lipinski definition) is 2. The highest BCUT2D eigenvalue weighted by molar-refractivity contribution is 7.17. The molecule has 3 N–H and O–H groups in total. The molecule has 0 unspecified atom stereocenters. The third-order valence-corrected chi connectivity index (χ3v) is 5.90. The average Bonchev–Trinajstić information content (AvgIpc) is 2.91. The van der Waals surface area contributed by atoms with E-state index in [1.807, 2.05) is 0 Å². The van der Waals surface area contributed by atoms with Gasteiger partial charge >= 0.3 is 0 Å². The number of benzene rings is 1. The molecule has 3 rings (SSSR count). The van der Waals surface area contributed by atoms with Crippen molar-refractivity contribution in [2.24, 2.45) is 11.7 Å². The van der Waals surface area contributed by atoms with Gasteiger partial charge in [0.1, 0.15) is 5.00 Å².